The Morgan fingerprint density at radius 3 is 2.31 bits per heavy atom. The van der Waals surface area contributed by atoms with Crippen LogP contribution >= 0.6 is 0 Å². The maximum absolute atomic E-state index is 11.1. The monoisotopic (exact) mass is 252 g/mol. The molecule has 0 aliphatic rings. The van der Waals surface area contributed by atoms with Crippen molar-refractivity contribution in [2.75, 3.05) is 18.6 Å². The quantitative estimate of drug-likeness (QED) is 0.572. The molecule has 0 aliphatic heterocycles. The Morgan fingerprint density at radius 2 is 1.94 bits per heavy atom. The summed E-state index contributed by atoms with van der Waals surface area (Å²) in [5.41, 5.74) is 0. The van der Waals surface area contributed by atoms with Gasteiger partial charge >= 0.3 is 12.0 Å². The number of nitrogens with one attached hydrogen (secondary N) is 2. The van der Waals surface area contributed by atoms with Crippen LogP contribution in [0.4, 0.5) is 4.79 Å². The Morgan fingerprint density at radius 1 is 1.38 bits per heavy atom. The van der Waals surface area contributed by atoms with Crippen molar-refractivity contribution in [2.45, 2.75) is 19.4 Å². The van der Waals surface area contributed by atoms with Gasteiger partial charge in [-0.05, 0) is 6.42 Å². The highest BCUT2D eigenvalue weighted by Crippen LogP contribution is 1.90. The maximum Gasteiger partial charge on any atom is 0.326 e. The second-order valence-electron chi connectivity index (χ2n) is 3.33. The van der Waals surface area contributed by atoms with Gasteiger partial charge < -0.3 is 15.7 Å². The van der Waals surface area contributed by atoms with Crippen LogP contribution < -0.4 is 10.6 Å². The molecule has 0 fully saturated rings. The highest BCUT2D eigenvalue weighted by atomic mass is 32.2. The van der Waals surface area contributed by atoms with E-state index in [-0.39, 0.29) is 18.7 Å². The normalized spacial score (nSPS) is 12.9. The largest absolute Gasteiger partial charge is 0.480 e. The van der Waals surface area contributed by atoms with Crippen molar-refractivity contribution in [1.29, 1.82) is 0 Å². The van der Waals surface area contributed by atoms with Crippen LogP contribution in [0.1, 0.15) is 13.3 Å². The van der Waals surface area contributed by atoms with Crippen molar-refractivity contribution in [1.82, 2.24) is 10.6 Å². The van der Waals surface area contributed by atoms with Crippen LogP contribution in [0.5, 0.6) is 0 Å². The molecule has 7 nitrogen and oxygen atoms in total. The molecule has 0 aliphatic carbocycles. The van der Waals surface area contributed by atoms with Crippen molar-refractivity contribution in [3.05, 3.63) is 0 Å². The molecule has 0 aromatic heterocycles. The number of sulfone groups is 1. The number of urea groups is 1. The molecule has 94 valence electrons. The van der Waals surface area contributed by atoms with Gasteiger partial charge in [0, 0.05) is 12.8 Å². The Kier molecular flexibility index (Phi) is 5.79. The minimum Gasteiger partial charge on any atom is -0.480 e. The number of hydrogen-bond acceptors (Lipinski definition) is 4. The number of carbonyl (C=O) groups excluding carboxylic acids is 1. The molecule has 3 N–H and O–H groups in total. The smallest absolute Gasteiger partial charge is 0.326 e. The number of aliphatic carboxylic acids is 1. The van der Waals surface area contributed by atoms with Crippen LogP contribution in [0.15, 0.2) is 0 Å². The lowest BCUT2D eigenvalue weighted by Gasteiger charge is -2.12. The highest BCUT2D eigenvalue weighted by molar-refractivity contribution is 7.90. The summed E-state index contributed by atoms with van der Waals surface area (Å²) in [6.45, 7) is 1.58. The number of rotatable bonds is 6. The van der Waals surface area contributed by atoms with Crippen LogP contribution in [-0.4, -0.2) is 50.1 Å². The lowest BCUT2D eigenvalue weighted by Crippen LogP contribution is -2.46. The molecule has 0 aromatic carbocycles. The third kappa shape index (κ3) is 7.04. The van der Waals surface area contributed by atoms with Gasteiger partial charge in [0.1, 0.15) is 15.9 Å². The predicted molar refractivity (Wildman–Crippen MR) is 58.0 cm³/mol. The molecule has 1 atom stereocenters. The van der Waals surface area contributed by atoms with E-state index in [0.717, 1.165) is 6.26 Å². The minimum atomic E-state index is -3.13. The Hall–Kier alpha value is -1.31. The van der Waals surface area contributed by atoms with E-state index in [4.69, 9.17) is 5.11 Å². The Labute approximate surface area is 94.1 Å². The molecule has 0 aromatic rings. The third-order valence-corrected chi connectivity index (χ3v) is 2.72. The summed E-state index contributed by atoms with van der Waals surface area (Å²) >= 11 is 0. The summed E-state index contributed by atoms with van der Waals surface area (Å²) in [5, 5.41) is 13.1. The highest BCUT2D eigenvalue weighted by Gasteiger charge is 2.17. The fourth-order valence-electron chi connectivity index (χ4n) is 0.898. The standard InChI is InChI=1S/C8H16N2O5S/c1-3-6(7(11)12)10-8(13)9-4-5-16(2,14)15/h6H,3-5H2,1-2H3,(H,11,12)(H2,9,10,13)/t6-/m1/s1. The van der Waals surface area contributed by atoms with Crippen LogP contribution in [0.25, 0.3) is 0 Å². The average molecular weight is 252 g/mol. The zero-order valence-corrected chi connectivity index (χ0v) is 10.0. The summed E-state index contributed by atoms with van der Waals surface area (Å²) in [7, 11) is -3.13. The van der Waals surface area contributed by atoms with E-state index in [9.17, 15) is 18.0 Å². The Bertz CT molecular complexity index is 351. The summed E-state index contributed by atoms with van der Waals surface area (Å²) in [6.07, 6.45) is 1.31. The molecule has 16 heavy (non-hydrogen) atoms. The van der Waals surface area contributed by atoms with Gasteiger partial charge in [0.25, 0.3) is 0 Å². The first-order valence-electron chi connectivity index (χ1n) is 4.71. The van der Waals surface area contributed by atoms with E-state index >= 15 is 0 Å². The van der Waals surface area contributed by atoms with Crippen LogP contribution in [0.2, 0.25) is 0 Å². The summed E-state index contributed by atoms with van der Waals surface area (Å²) in [4.78, 5) is 21.7. The van der Waals surface area contributed by atoms with E-state index in [2.05, 4.69) is 10.6 Å². The van der Waals surface area contributed by atoms with Crippen LogP contribution in [0.3, 0.4) is 0 Å². The van der Waals surface area contributed by atoms with E-state index < -0.39 is 27.9 Å². The molecule has 0 spiro atoms. The van der Waals surface area contributed by atoms with Crippen LogP contribution in [0, 0.1) is 0 Å². The second-order valence-corrected chi connectivity index (χ2v) is 5.59. The van der Waals surface area contributed by atoms with Crippen molar-refractivity contribution in [3.8, 4) is 0 Å². The number of amides is 2. The van der Waals surface area contributed by atoms with Gasteiger partial charge in [0.05, 0.1) is 5.75 Å². The minimum absolute atomic E-state index is 0.0410. The van der Waals surface area contributed by atoms with Gasteiger partial charge in [-0.25, -0.2) is 18.0 Å². The molecule has 0 rings (SSSR count). The average Bonchev–Trinajstić information content (AvgIpc) is 2.11. The molecule has 0 saturated carbocycles. The van der Waals surface area contributed by atoms with E-state index in [1.54, 1.807) is 6.92 Å². The van der Waals surface area contributed by atoms with Crippen LogP contribution in [-0.2, 0) is 14.6 Å². The van der Waals surface area contributed by atoms with Gasteiger partial charge in [-0.15, -0.1) is 0 Å². The molecule has 2 amide bonds. The topological polar surface area (TPSA) is 113 Å². The van der Waals surface area contributed by atoms with Gasteiger partial charge in [0.2, 0.25) is 0 Å². The number of carboxylic acid groups (broad SMARTS) is 1. The first kappa shape index (κ1) is 14.7. The number of carboxylic acids is 1. The zero-order valence-electron chi connectivity index (χ0n) is 9.19. The number of carbonyl (C=O) groups is 2. The molecule has 8 heteroatoms. The van der Waals surface area contributed by atoms with Gasteiger partial charge in [0.15, 0.2) is 0 Å². The van der Waals surface area contributed by atoms with E-state index in [1.807, 2.05) is 0 Å². The summed E-state index contributed by atoms with van der Waals surface area (Å²) in [5.74, 6) is -1.30. The van der Waals surface area contributed by atoms with Gasteiger partial charge in [-0.2, -0.15) is 0 Å². The summed E-state index contributed by atoms with van der Waals surface area (Å²) < 4.78 is 21.5. The zero-order chi connectivity index (χ0) is 12.8. The van der Waals surface area contributed by atoms with Crippen molar-refractivity contribution >= 4 is 21.8 Å². The summed E-state index contributed by atoms with van der Waals surface area (Å²) in [6, 6.07) is -1.64. The van der Waals surface area contributed by atoms with E-state index in [1.165, 1.54) is 0 Å². The van der Waals surface area contributed by atoms with E-state index in [0.29, 0.717) is 0 Å². The first-order valence-corrected chi connectivity index (χ1v) is 6.77. The lowest BCUT2D eigenvalue weighted by molar-refractivity contribution is -0.139. The van der Waals surface area contributed by atoms with Gasteiger partial charge in [-0.3, -0.25) is 0 Å². The fourth-order valence-corrected chi connectivity index (χ4v) is 1.37. The molecular formula is C8H16N2O5S. The molecule has 0 heterocycles. The SMILES string of the molecule is CC[C@@H](NC(=O)NCCS(C)(=O)=O)C(=O)O. The van der Waals surface area contributed by atoms with Gasteiger partial charge in [-0.1, -0.05) is 6.92 Å². The second kappa shape index (κ2) is 6.31. The molecule has 0 saturated heterocycles. The lowest BCUT2D eigenvalue weighted by atomic mass is 10.2. The Balaban J connectivity index is 3.95. The predicted octanol–water partition coefficient (Wildman–Crippen LogP) is -0.807. The molecule has 0 bridgehead atoms. The van der Waals surface area contributed by atoms with Crippen molar-refractivity contribution in [2.24, 2.45) is 0 Å². The van der Waals surface area contributed by atoms with Crippen molar-refractivity contribution in [3.63, 3.8) is 0 Å². The number of hydrogen-bond donors (Lipinski definition) is 3. The molecular weight excluding hydrogens is 236 g/mol. The maximum atomic E-state index is 11.1. The fraction of sp³-hybridized carbons (Fsp3) is 0.750. The van der Waals surface area contributed by atoms with Crippen molar-refractivity contribution < 1.29 is 23.1 Å². The molecule has 0 unspecified atom stereocenters. The molecule has 0 radical (unpaired) electrons. The first-order chi connectivity index (χ1) is 7.26. The third-order valence-electron chi connectivity index (χ3n) is 1.77.